The number of hydrogen-bond acceptors (Lipinski definition) is 2. The van der Waals surface area contributed by atoms with Gasteiger partial charge >= 0.3 is 5.69 Å². The van der Waals surface area contributed by atoms with Crippen LogP contribution >= 0.6 is 0 Å². The summed E-state index contributed by atoms with van der Waals surface area (Å²) >= 11 is 0. The Morgan fingerprint density at radius 2 is 1.26 bits per heavy atom. The van der Waals surface area contributed by atoms with Crippen LogP contribution < -0.4 is 11.2 Å². The van der Waals surface area contributed by atoms with Crippen molar-refractivity contribution in [1.82, 2.24) is 9.13 Å². The zero-order valence-corrected chi connectivity index (χ0v) is 15.1. The lowest BCUT2D eigenvalue weighted by atomic mass is 10.0. The minimum Gasteiger partial charge on any atom is -0.288 e. The summed E-state index contributed by atoms with van der Waals surface area (Å²) in [6.07, 6.45) is 0. The molecule has 0 aliphatic heterocycles. The Hall–Kier alpha value is -2.10. The number of hydrogen-bond donors (Lipinski definition) is 0. The van der Waals surface area contributed by atoms with Crippen LogP contribution in [0.1, 0.15) is 47.1 Å². The van der Waals surface area contributed by atoms with Crippen molar-refractivity contribution in [2.24, 2.45) is 0 Å². The highest BCUT2D eigenvalue weighted by atomic mass is 16.2. The minimum atomic E-state index is -0.568. The number of benzene rings is 1. The lowest BCUT2D eigenvalue weighted by Crippen LogP contribution is -2.52. The fourth-order valence-corrected chi connectivity index (χ4v) is 2.87. The third kappa shape index (κ3) is 3.03. The highest BCUT2D eigenvalue weighted by Crippen LogP contribution is 2.26. The smallest absolute Gasteiger partial charge is 0.288 e. The van der Waals surface area contributed by atoms with Crippen molar-refractivity contribution in [1.29, 1.82) is 0 Å². The van der Waals surface area contributed by atoms with Gasteiger partial charge in [0.15, 0.2) is 0 Å². The predicted molar refractivity (Wildman–Crippen MR) is 95.1 cm³/mol. The third-order valence-electron chi connectivity index (χ3n) is 3.87. The molecule has 2 aromatic rings. The van der Waals surface area contributed by atoms with Crippen LogP contribution in [0.2, 0.25) is 0 Å². The number of aromatic nitrogens is 2. The monoisotopic (exact) mass is 314 g/mol. The molecule has 0 N–H and O–H groups in total. The molecule has 23 heavy (non-hydrogen) atoms. The maximum absolute atomic E-state index is 13.2. The summed E-state index contributed by atoms with van der Waals surface area (Å²) in [6.45, 7) is 13.4. The molecule has 0 saturated carbocycles. The van der Waals surface area contributed by atoms with Crippen molar-refractivity contribution in [2.45, 2.75) is 59.5 Å². The molecule has 0 radical (unpaired) electrons. The Morgan fingerprint density at radius 3 is 1.70 bits per heavy atom. The van der Waals surface area contributed by atoms with Crippen LogP contribution in [0, 0.1) is 6.92 Å². The molecule has 1 aromatic heterocycles. The molecule has 1 heterocycles. The van der Waals surface area contributed by atoms with E-state index in [0.717, 1.165) is 5.56 Å². The van der Waals surface area contributed by atoms with E-state index >= 15 is 0 Å². The fourth-order valence-electron chi connectivity index (χ4n) is 2.87. The van der Waals surface area contributed by atoms with Crippen LogP contribution in [0.15, 0.2) is 39.9 Å². The number of rotatable bonds is 1. The van der Waals surface area contributed by atoms with Crippen LogP contribution in [-0.2, 0) is 11.1 Å². The van der Waals surface area contributed by atoms with Crippen molar-refractivity contribution in [2.75, 3.05) is 0 Å². The van der Waals surface area contributed by atoms with Gasteiger partial charge in [-0.25, -0.2) is 4.79 Å². The van der Waals surface area contributed by atoms with Crippen molar-refractivity contribution >= 4 is 0 Å². The summed E-state index contributed by atoms with van der Waals surface area (Å²) in [7, 11) is 0. The molecule has 0 amide bonds. The van der Waals surface area contributed by atoms with Crippen molar-refractivity contribution < 1.29 is 0 Å². The van der Waals surface area contributed by atoms with Gasteiger partial charge in [0.2, 0.25) is 0 Å². The lowest BCUT2D eigenvalue weighted by molar-refractivity contribution is 0.312. The maximum Gasteiger partial charge on any atom is 0.332 e. The molecule has 4 nitrogen and oxygen atoms in total. The molecule has 0 atom stereocenters. The van der Waals surface area contributed by atoms with Gasteiger partial charge < -0.3 is 0 Å². The Labute approximate surface area is 137 Å². The molecule has 1 aromatic carbocycles. The maximum atomic E-state index is 13.2. The SMILES string of the molecule is Cc1c(-c2ccccc2)n(C(C)(C)C)c(=O)n(C(C)(C)C)c1=O. The summed E-state index contributed by atoms with van der Waals surface area (Å²) in [5.41, 5.74) is 0.695. The van der Waals surface area contributed by atoms with E-state index in [0.29, 0.717) is 11.3 Å². The van der Waals surface area contributed by atoms with Crippen LogP contribution in [-0.4, -0.2) is 9.13 Å². The quantitative estimate of drug-likeness (QED) is 0.808. The van der Waals surface area contributed by atoms with E-state index in [-0.39, 0.29) is 11.2 Å². The first kappa shape index (κ1) is 17.3. The van der Waals surface area contributed by atoms with E-state index < -0.39 is 11.1 Å². The molecule has 124 valence electrons. The van der Waals surface area contributed by atoms with Gasteiger partial charge in [0.25, 0.3) is 5.56 Å². The summed E-state index contributed by atoms with van der Waals surface area (Å²) < 4.78 is 3.10. The van der Waals surface area contributed by atoms with Gasteiger partial charge in [-0.3, -0.25) is 13.9 Å². The zero-order valence-electron chi connectivity index (χ0n) is 15.1. The Morgan fingerprint density at radius 1 is 0.783 bits per heavy atom. The predicted octanol–water partition coefficient (Wildman–Crippen LogP) is 3.50. The molecule has 0 aliphatic carbocycles. The topological polar surface area (TPSA) is 44.0 Å². The molecule has 0 unspecified atom stereocenters. The van der Waals surface area contributed by atoms with Gasteiger partial charge in [-0.1, -0.05) is 30.3 Å². The van der Waals surface area contributed by atoms with E-state index in [1.807, 2.05) is 71.9 Å². The summed E-state index contributed by atoms with van der Waals surface area (Å²) in [5, 5.41) is 0. The highest BCUT2D eigenvalue weighted by molar-refractivity contribution is 5.63. The summed E-state index contributed by atoms with van der Waals surface area (Å²) in [6, 6.07) is 9.63. The first-order chi connectivity index (χ1) is 10.5. The second-order valence-corrected chi connectivity index (χ2v) is 7.94. The Bertz CT molecular complexity index is 829. The molecule has 0 saturated heterocycles. The van der Waals surface area contributed by atoms with Gasteiger partial charge in [-0.05, 0) is 54.0 Å². The molecule has 0 fully saturated rings. The van der Waals surface area contributed by atoms with E-state index in [1.165, 1.54) is 4.57 Å². The first-order valence-corrected chi connectivity index (χ1v) is 7.91. The lowest BCUT2D eigenvalue weighted by Gasteiger charge is -2.31. The molecule has 0 bridgehead atoms. The van der Waals surface area contributed by atoms with Gasteiger partial charge in [0.1, 0.15) is 0 Å². The molecule has 4 heteroatoms. The van der Waals surface area contributed by atoms with Crippen molar-refractivity contribution in [3.8, 4) is 11.3 Å². The normalized spacial score (nSPS) is 12.5. The second kappa shape index (κ2) is 5.52. The van der Waals surface area contributed by atoms with Gasteiger partial charge in [0, 0.05) is 16.6 Å². The third-order valence-corrected chi connectivity index (χ3v) is 3.87. The minimum absolute atomic E-state index is 0.221. The van der Waals surface area contributed by atoms with Crippen LogP contribution in [0.25, 0.3) is 11.3 Å². The van der Waals surface area contributed by atoms with Crippen LogP contribution in [0.4, 0.5) is 0 Å². The van der Waals surface area contributed by atoms with Gasteiger partial charge in [-0.2, -0.15) is 0 Å². The van der Waals surface area contributed by atoms with Crippen molar-refractivity contribution in [3.63, 3.8) is 0 Å². The molecule has 0 spiro atoms. The van der Waals surface area contributed by atoms with E-state index in [2.05, 4.69) is 0 Å². The standard InChI is InChI=1S/C19H26N2O2/c1-13-15(14-11-9-8-10-12-14)20(18(2,3)4)17(23)21(16(13)22)19(5,6)7/h8-12H,1-7H3. The van der Waals surface area contributed by atoms with Crippen LogP contribution in [0.5, 0.6) is 0 Å². The Balaban J connectivity index is 3.06. The highest BCUT2D eigenvalue weighted by Gasteiger charge is 2.29. The number of nitrogens with zero attached hydrogens (tertiary/aromatic N) is 2. The summed E-state index contributed by atoms with van der Waals surface area (Å²) in [5.74, 6) is 0. The van der Waals surface area contributed by atoms with E-state index in [4.69, 9.17) is 0 Å². The second-order valence-electron chi connectivity index (χ2n) is 7.94. The molecular formula is C19H26N2O2. The largest absolute Gasteiger partial charge is 0.332 e. The van der Waals surface area contributed by atoms with Gasteiger partial charge in [0.05, 0.1) is 5.69 Å². The van der Waals surface area contributed by atoms with E-state index in [9.17, 15) is 9.59 Å². The average Bonchev–Trinajstić information content (AvgIpc) is 2.40. The molecule has 2 rings (SSSR count). The fraction of sp³-hybridized carbons (Fsp3) is 0.474. The average molecular weight is 314 g/mol. The molecular weight excluding hydrogens is 288 g/mol. The van der Waals surface area contributed by atoms with Gasteiger partial charge in [-0.15, -0.1) is 0 Å². The van der Waals surface area contributed by atoms with E-state index in [1.54, 1.807) is 11.5 Å². The first-order valence-electron chi connectivity index (χ1n) is 7.91. The van der Waals surface area contributed by atoms with Crippen LogP contribution in [0.3, 0.4) is 0 Å². The Kier molecular flexibility index (Phi) is 4.14. The van der Waals surface area contributed by atoms with Crippen molar-refractivity contribution in [3.05, 3.63) is 56.7 Å². The zero-order chi connectivity index (χ0) is 17.6. The summed E-state index contributed by atoms with van der Waals surface area (Å²) in [4.78, 5) is 26.0. The molecule has 0 aliphatic rings.